The number of carbonyl (C=O) groups excluding carboxylic acids is 4. The fraction of sp³-hybridized carbons (Fsp3) is 0.400. The summed E-state index contributed by atoms with van der Waals surface area (Å²) >= 11 is 0. The van der Waals surface area contributed by atoms with Crippen LogP contribution in [0.15, 0.2) is 83.5 Å². The van der Waals surface area contributed by atoms with Crippen LogP contribution in [0, 0.1) is 5.92 Å². The van der Waals surface area contributed by atoms with Crippen LogP contribution in [0.5, 0.6) is 0 Å². The van der Waals surface area contributed by atoms with Crippen molar-refractivity contribution in [2.24, 2.45) is 5.92 Å². The second-order valence-corrected chi connectivity index (χ2v) is 9.78. The fourth-order valence-electron chi connectivity index (χ4n) is 4.05. The normalized spacial score (nSPS) is 23.5. The quantitative estimate of drug-likeness (QED) is 0.189. The minimum absolute atomic E-state index is 0.0923. The first-order valence-electron chi connectivity index (χ1n) is 13.1. The molecule has 0 saturated heterocycles. The van der Waals surface area contributed by atoms with Gasteiger partial charge in [-0.25, -0.2) is 0 Å². The average Bonchev–Trinajstić information content (AvgIpc) is 3.19. The Morgan fingerprint density at radius 2 is 1.74 bits per heavy atom. The minimum atomic E-state index is -1.90. The Kier molecular flexibility index (Phi) is 12.0. The van der Waals surface area contributed by atoms with Gasteiger partial charge in [-0.3, -0.25) is 19.2 Å². The van der Waals surface area contributed by atoms with Crippen molar-refractivity contribution in [3.05, 3.63) is 83.5 Å². The maximum Gasteiger partial charge on any atom is 0.248 e. The maximum atomic E-state index is 12.4. The number of aliphatic hydroxyl groups excluding tert-OH is 2. The number of unbranched alkanes of at least 4 members (excludes halogenated alkanes) is 1. The molecule has 2 aliphatic carbocycles. The van der Waals surface area contributed by atoms with Crippen LogP contribution < -0.4 is 10.6 Å². The molecule has 9 heteroatoms. The predicted octanol–water partition coefficient (Wildman–Crippen LogP) is 3.30. The zero-order valence-electron chi connectivity index (χ0n) is 22.6. The van der Waals surface area contributed by atoms with E-state index in [9.17, 15) is 34.5 Å². The van der Waals surface area contributed by atoms with E-state index in [2.05, 4.69) is 30.6 Å². The van der Waals surface area contributed by atoms with Gasteiger partial charge in [-0.2, -0.15) is 0 Å². The predicted molar refractivity (Wildman–Crippen MR) is 148 cm³/mol. The highest BCUT2D eigenvalue weighted by Crippen LogP contribution is 2.26. The molecule has 0 aromatic heterocycles. The molecule has 0 fully saturated rings. The highest BCUT2D eigenvalue weighted by Gasteiger charge is 2.38. The number of hydrogen-bond acceptors (Lipinski definition) is 7. The molecule has 9 nitrogen and oxygen atoms in total. The molecule has 2 aliphatic rings. The topological polar surface area (TPSA) is 153 Å². The van der Waals surface area contributed by atoms with Gasteiger partial charge in [-0.05, 0) is 31.4 Å². The summed E-state index contributed by atoms with van der Waals surface area (Å²) in [7, 11) is 0. The largest absolute Gasteiger partial charge is 0.510 e. The third-order valence-electron chi connectivity index (χ3n) is 6.25. The van der Waals surface area contributed by atoms with Gasteiger partial charge in [-0.1, -0.05) is 68.7 Å². The van der Waals surface area contributed by atoms with E-state index in [0.29, 0.717) is 5.92 Å². The second-order valence-electron chi connectivity index (χ2n) is 9.78. The molecule has 0 bridgehead atoms. The summed E-state index contributed by atoms with van der Waals surface area (Å²) in [4.78, 5) is 48.2. The van der Waals surface area contributed by atoms with E-state index < -0.39 is 29.3 Å². The van der Waals surface area contributed by atoms with Crippen molar-refractivity contribution in [2.75, 3.05) is 0 Å². The molecule has 2 rings (SSSR count). The highest BCUT2D eigenvalue weighted by molar-refractivity contribution is 6.03. The van der Waals surface area contributed by atoms with Gasteiger partial charge in [0.2, 0.25) is 11.8 Å². The Bertz CT molecular complexity index is 1170. The summed E-state index contributed by atoms with van der Waals surface area (Å²) in [6.45, 7) is 6.15. The Morgan fingerprint density at radius 3 is 2.41 bits per heavy atom. The van der Waals surface area contributed by atoms with Gasteiger partial charge in [0.15, 0.2) is 11.6 Å². The molecule has 0 saturated carbocycles. The van der Waals surface area contributed by atoms with Gasteiger partial charge in [0, 0.05) is 31.4 Å². The molecule has 0 aromatic carbocycles. The second kappa shape index (κ2) is 14.9. The van der Waals surface area contributed by atoms with E-state index in [1.165, 1.54) is 36.5 Å². The van der Waals surface area contributed by atoms with Gasteiger partial charge in [0.05, 0.1) is 11.8 Å². The number of hydrogen-bond donors (Lipinski definition) is 5. The first-order chi connectivity index (χ1) is 18.4. The first-order valence-corrected chi connectivity index (χ1v) is 13.1. The van der Waals surface area contributed by atoms with Crippen LogP contribution in [0.25, 0.3) is 0 Å². The summed E-state index contributed by atoms with van der Waals surface area (Å²) in [5.74, 6) is -1.71. The molecule has 210 valence electrons. The number of allylic oxidation sites excluding steroid dienone is 10. The Morgan fingerprint density at radius 1 is 1.05 bits per heavy atom. The Hall–Kier alpha value is -3.82. The van der Waals surface area contributed by atoms with Gasteiger partial charge >= 0.3 is 0 Å². The first kappa shape index (κ1) is 31.4. The molecule has 2 amide bonds. The molecule has 39 heavy (non-hydrogen) atoms. The van der Waals surface area contributed by atoms with E-state index in [4.69, 9.17) is 0 Å². The lowest BCUT2D eigenvalue weighted by molar-refractivity contribution is -0.124. The van der Waals surface area contributed by atoms with Crippen molar-refractivity contribution in [2.45, 2.75) is 71.0 Å². The van der Waals surface area contributed by atoms with Crippen molar-refractivity contribution in [3.63, 3.8) is 0 Å². The maximum absolute atomic E-state index is 12.4. The monoisotopic (exact) mass is 538 g/mol. The lowest BCUT2D eigenvalue weighted by atomic mass is 9.85. The van der Waals surface area contributed by atoms with E-state index in [1.54, 1.807) is 6.08 Å². The number of carbonyl (C=O) groups is 4. The van der Waals surface area contributed by atoms with Gasteiger partial charge in [0.1, 0.15) is 17.1 Å². The van der Waals surface area contributed by atoms with Gasteiger partial charge in [0.25, 0.3) is 0 Å². The standard InChI is InChI=1S/C30H38N2O7/c1-4-5-10-20(2)17-21(3)12-15-28(38)31-22-19-30(39,26(36)18-25(22)35)16-9-7-6-8-11-27(37)32-29-23(33)13-14-24(29)34/h6-9,11-12,15-17,19-20,26,33,36,39H,4-5,10,13-14,18H2,1-3H3,(H,31,38)(H,32,37)/b7-6+,11-8+,15-12+,16-9+,21-17+/t20?,26-,30+/m1/s1. The van der Waals surface area contributed by atoms with E-state index in [1.807, 2.05) is 6.92 Å². The molecule has 0 heterocycles. The van der Waals surface area contributed by atoms with Crippen LogP contribution in [0.2, 0.25) is 0 Å². The fourth-order valence-corrected chi connectivity index (χ4v) is 4.05. The van der Waals surface area contributed by atoms with Gasteiger partial charge in [-0.15, -0.1) is 0 Å². The number of nitrogens with one attached hydrogen (secondary N) is 2. The summed E-state index contributed by atoms with van der Waals surface area (Å²) in [5.41, 5.74) is -1.18. The number of Topliss-reactive ketones (excluding diaryl/α,β-unsaturated/α-hetero) is 2. The van der Waals surface area contributed by atoms with Crippen molar-refractivity contribution in [1.29, 1.82) is 0 Å². The van der Waals surface area contributed by atoms with Crippen LogP contribution in [0.4, 0.5) is 0 Å². The highest BCUT2D eigenvalue weighted by atomic mass is 16.3. The van der Waals surface area contributed by atoms with Crippen LogP contribution in [-0.4, -0.2) is 50.4 Å². The van der Waals surface area contributed by atoms with Crippen LogP contribution in [0.1, 0.15) is 59.3 Å². The number of aliphatic hydroxyl groups is 3. The molecule has 5 N–H and O–H groups in total. The molecule has 0 radical (unpaired) electrons. The lowest BCUT2D eigenvalue weighted by Gasteiger charge is -2.31. The number of amides is 2. The molecule has 3 atom stereocenters. The molecule has 0 spiro atoms. The minimum Gasteiger partial charge on any atom is -0.510 e. The SMILES string of the molecule is CCCCC(C)/C=C(C)/C=C/C(=O)NC1=C[C@@](O)(/C=C/C=C/C=C/C(=O)NC2=C(O)CCC2=O)[C@H](O)CC1=O. The molecule has 0 aliphatic heterocycles. The van der Waals surface area contributed by atoms with Crippen molar-refractivity contribution in [1.82, 2.24) is 10.6 Å². The van der Waals surface area contributed by atoms with E-state index in [0.717, 1.165) is 37.0 Å². The third kappa shape index (κ3) is 10.1. The smallest absolute Gasteiger partial charge is 0.248 e. The van der Waals surface area contributed by atoms with Crippen LogP contribution in [-0.2, 0) is 19.2 Å². The number of ketones is 2. The summed E-state index contributed by atoms with van der Waals surface area (Å²) < 4.78 is 0. The average molecular weight is 539 g/mol. The van der Waals surface area contributed by atoms with Crippen LogP contribution in [0.3, 0.4) is 0 Å². The van der Waals surface area contributed by atoms with Crippen LogP contribution >= 0.6 is 0 Å². The number of rotatable bonds is 12. The molecular weight excluding hydrogens is 500 g/mol. The molecule has 0 aromatic rings. The Labute approximate surface area is 229 Å². The van der Waals surface area contributed by atoms with Crippen molar-refractivity contribution in [3.8, 4) is 0 Å². The van der Waals surface area contributed by atoms with E-state index >= 15 is 0 Å². The summed E-state index contributed by atoms with van der Waals surface area (Å²) in [5, 5.41) is 35.6. The van der Waals surface area contributed by atoms with E-state index in [-0.39, 0.29) is 42.2 Å². The zero-order valence-corrected chi connectivity index (χ0v) is 22.6. The zero-order chi connectivity index (χ0) is 29.0. The summed E-state index contributed by atoms with van der Waals surface area (Å²) in [6.07, 6.45) is 16.2. The molecular formula is C30H38N2O7. The molecule has 1 unspecified atom stereocenters. The third-order valence-corrected chi connectivity index (χ3v) is 6.25. The van der Waals surface area contributed by atoms with Gasteiger partial charge < -0.3 is 26.0 Å². The lowest BCUT2D eigenvalue weighted by Crippen LogP contribution is -2.46. The summed E-state index contributed by atoms with van der Waals surface area (Å²) in [6, 6.07) is 0. The van der Waals surface area contributed by atoms with Crippen molar-refractivity contribution < 1.29 is 34.5 Å². The van der Waals surface area contributed by atoms with Crippen molar-refractivity contribution >= 4 is 23.4 Å². The Balaban J connectivity index is 1.98.